The molecule has 1 aromatic heterocycles. The quantitative estimate of drug-likeness (QED) is 0.378. The lowest BCUT2D eigenvalue weighted by Crippen LogP contribution is -2.12. The van der Waals surface area contributed by atoms with Gasteiger partial charge >= 0.3 is 5.97 Å². The Labute approximate surface area is 172 Å². The van der Waals surface area contributed by atoms with Gasteiger partial charge in [-0.2, -0.15) is 5.10 Å². The number of aryl methyl sites for hydroxylation is 3. The third-order valence-electron chi connectivity index (χ3n) is 4.72. The van der Waals surface area contributed by atoms with Crippen LogP contribution in [0.25, 0.3) is 5.69 Å². The van der Waals surface area contributed by atoms with Crippen LogP contribution in [-0.4, -0.2) is 22.4 Å². The van der Waals surface area contributed by atoms with Gasteiger partial charge in [-0.15, -0.1) is 0 Å². The fourth-order valence-electron chi connectivity index (χ4n) is 3.05. The van der Waals surface area contributed by atoms with Crippen molar-refractivity contribution in [2.45, 2.75) is 47.0 Å². The molecule has 0 aliphatic carbocycles. The number of hydrogen-bond acceptors (Lipinski definition) is 4. The predicted octanol–water partition coefficient (Wildman–Crippen LogP) is 5.45. The van der Waals surface area contributed by atoms with Gasteiger partial charge in [0.05, 0.1) is 23.6 Å². The fourth-order valence-corrected chi connectivity index (χ4v) is 3.05. The zero-order valence-corrected chi connectivity index (χ0v) is 17.6. The number of unbranched alkanes of at least 4 members (excludes halogenated alkanes) is 1. The third kappa shape index (κ3) is 5.05. The standard InChI is InChI=1S/C24H28N2O3/c1-5-7-14-28-21-11-9-19(10-12-21)24(27)29-23-16-20(6-2)25-26(23)22-13-8-17(3)15-18(22)4/h8-13,15-16H,5-7,14H2,1-4H3. The number of hydrogen-bond donors (Lipinski definition) is 0. The van der Waals surface area contributed by atoms with Crippen molar-refractivity contribution in [2.24, 2.45) is 0 Å². The second-order valence-electron chi connectivity index (χ2n) is 7.15. The maximum absolute atomic E-state index is 12.7. The van der Waals surface area contributed by atoms with Crippen molar-refractivity contribution in [3.05, 3.63) is 70.9 Å². The first-order valence-corrected chi connectivity index (χ1v) is 10.1. The average molecular weight is 392 g/mol. The van der Waals surface area contributed by atoms with E-state index in [9.17, 15) is 4.79 Å². The van der Waals surface area contributed by atoms with Crippen LogP contribution in [-0.2, 0) is 6.42 Å². The van der Waals surface area contributed by atoms with Crippen molar-refractivity contribution in [3.63, 3.8) is 0 Å². The van der Waals surface area contributed by atoms with Gasteiger partial charge in [0.1, 0.15) is 5.75 Å². The second-order valence-corrected chi connectivity index (χ2v) is 7.15. The van der Waals surface area contributed by atoms with Crippen LogP contribution in [0.5, 0.6) is 11.6 Å². The van der Waals surface area contributed by atoms with Gasteiger partial charge in [0.2, 0.25) is 5.88 Å². The summed E-state index contributed by atoms with van der Waals surface area (Å²) in [5, 5.41) is 4.61. The molecule has 152 valence electrons. The molecule has 0 atom stereocenters. The van der Waals surface area contributed by atoms with E-state index in [2.05, 4.69) is 18.1 Å². The number of carbonyl (C=O) groups is 1. The van der Waals surface area contributed by atoms with Gasteiger partial charge in [-0.1, -0.05) is 38.0 Å². The van der Waals surface area contributed by atoms with Crippen LogP contribution in [0.2, 0.25) is 0 Å². The highest BCUT2D eigenvalue weighted by Crippen LogP contribution is 2.24. The first-order chi connectivity index (χ1) is 14.0. The summed E-state index contributed by atoms with van der Waals surface area (Å²) in [6.07, 6.45) is 2.84. The van der Waals surface area contributed by atoms with Gasteiger partial charge in [0.15, 0.2) is 0 Å². The molecule has 2 aromatic carbocycles. The molecule has 0 aliphatic rings. The van der Waals surface area contributed by atoms with E-state index in [0.717, 1.165) is 42.0 Å². The third-order valence-corrected chi connectivity index (χ3v) is 4.72. The lowest BCUT2D eigenvalue weighted by Gasteiger charge is -2.11. The number of nitrogens with zero attached hydrogens (tertiary/aromatic N) is 2. The Kier molecular flexibility index (Phi) is 6.70. The Hall–Kier alpha value is -3.08. The molecule has 0 aliphatic heterocycles. The van der Waals surface area contributed by atoms with Crippen LogP contribution in [0.3, 0.4) is 0 Å². The summed E-state index contributed by atoms with van der Waals surface area (Å²) in [6.45, 7) is 8.90. The average Bonchev–Trinajstić information content (AvgIpc) is 3.11. The van der Waals surface area contributed by atoms with Gasteiger partial charge in [-0.05, 0) is 62.6 Å². The van der Waals surface area contributed by atoms with Crippen molar-refractivity contribution < 1.29 is 14.3 Å². The molecule has 5 nitrogen and oxygen atoms in total. The second kappa shape index (κ2) is 9.41. The van der Waals surface area contributed by atoms with E-state index in [1.165, 1.54) is 5.56 Å². The first kappa shape index (κ1) is 20.6. The minimum atomic E-state index is -0.418. The van der Waals surface area contributed by atoms with E-state index in [0.29, 0.717) is 18.1 Å². The topological polar surface area (TPSA) is 53.4 Å². The maximum Gasteiger partial charge on any atom is 0.344 e. The van der Waals surface area contributed by atoms with E-state index in [4.69, 9.17) is 9.47 Å². The molecule has 3 aromatic rings. The van der Waals surface area contributed by atoms with Crippen LogP contribution in [0, 0.1) is 13.8 Å². The number of aromatic nitrogens is 2. The Morgan fingerprint density at radius 2 is 1.79 bits per heavy atom. The summed E-state index contributed by atoms with van der Waals surface area (Å²) in [5.41, 5.74) is 4.49. The van der Waals surface area contributed by atoms with E-state index in [1.54, 1.807) is 28.9 Å². The Morgan fingerprint density at radius 3 is 2.45 bits per heavy atom. The molecular formula is C24H28N2O3. The smallest absolute Gasteiger partial charge is 0.344 e. The lowest BCUT2D eigenvalue weighted by atomic mass is 10.1. The molecule has 3 rings (SSSR count). The van der Waals surface area contributed by atoms with Gasteiger partial charge in [0.25, 0.3) is 0 Å². The molecule has 0 N–H and O–H groups in total. The van der Waals surface area contributed by atoms with Crippen LogP contribution in [0.4, 0.5) is 0 Å². The van der Waals surface area contributed by atoms with Crippen LogP contribution in [0.1, 0.15) is 53.9 Å². The summed E-state index contributed by atoms with van der Waals surface area (Å²) >= 11 is 0. The van der Waals surface area contributed by atoms with Crippen LogP contribution in [0.15, 0.2) is 48.5 Å². The van der Waals surface area contributed by atoms with Gasteiger partial charge in [-0.25, -0.2) is 9.48 Å². The molecule has 0 saturated heterocycles. The fraction of sp³-hybridized carbons (Fsp3) is 0.333. The monoisotopic (exact) mass is 392 g/mol. The minimum absolute atomic E-state index is 0.418. The molecule has 1 heterocycles. The molecule has 0 fully saturated rings. The van der Waals surface area contributed by atoms with Crippen molar-refractivity contribution >= 4 is 5.97 Å². The molecule has 0 saturated carbocycles. The summed E-state index contributed by atoms with van der Waals surface area (Å²) in [5.74, 6) is 0.754. The summed E-state index contributed by atoms with van der Waals surface area (Å²) < 4.78 is 13.1. The van der Waals surface area contributed by atoms with Crippen LogP contribution >= 0.6 is 0 Å². The zero-order chi connectivity index (χ0) is 20.8. The predicted molar refractivity (Wildman–Crippen MR) is 114 cm³/mol. The highest BCUT2D eigenvalue weighted by atomic mass is 16.5. The maximum atomic E-state index is 12.7. The van der Waals surface area contributed by atoms with Crippen LogP contribution < -0.4 is 9.47 Å². The Morgan fingerprint density at radius 1 is 1.03 bits per heavy atom. The molecular weight excluding hydrogens is 364 g/mol. The van der Waals surface area contributed by atoms with Crippen molar-refractivity contribution in [3.8, 4) is 17.3 Å². The lowest BCUT2D eigenvalue weighted by molar-refractivity contribution is 0.0723. The molecule has 0 amide bonds. The normalized spacial score (nSPS) is 10.8. The highest BCUT2D eigenvalue weighted by Gasteiger charge is 2.17. The van der Waals surface area contributed by atoms with Gasteiger partial charge in [0, 0.05) is 6.07 Å². The van der Waals surface area contributed by atoms with Crippen molar-refractivity contribution in [1.82, 2.24) is 9.78 Å². The number of benzene rings is 2. The van der Waals surface area contributed by atoms with E-state index < -0.39 is 5.97 Å². The molecule has 29 heavy (non-hydrogen) atoms. The van der Waals surface area contributed by atoms with Crippen molar-refractivity contribution in [1.29, 1.82) is 0 Å². The largest absolute Gasteiger partial charge is 0.494 e. The van der Waals surface area contributed by atoms with E-state index >= 15 is 0 Å². The van der Waals surface area contributed by atoms with E-state index in [-0.39, 0.29) is 0 Å². The summed E-state index contributed by atoms with van der Waals surface area (Å²) in [7, 11) is 0. The Bertz CT molecular complexity index is 974. The minimum Gasteiger partial charge on any atom is -0.494 e. The zero-order valence-electron chi connectivity index (χ0n) is 17.6. The van der Waals surface area contributed by atoms with Gasteiger partial charge < -0.3 is 9.47 Å². The number of rotatable bonds is 8. The first-order valence-electron chi connectivity index (χ1n) is 10.1. The summed E-state index contributed by atoms with van der Waals surface area (Å²) in [4.78, 5) is 12.7. The van der Waals surface area contributed by atoms with E-state index in [1.807, 2.05) is 39.0 Å². The number of esters is 1. The molecule has 0 bridgehead atoms. The highest BCUT2D eigenvalue weighted by molar-refractivity contribution is 5.91. The molecule has 5 heteroatoms. The van der Waals surface area contributed by atoms with Gasteiger partial charge in [-0.3, -0.25) is 0 Å². The van der Waals surface area contributed by atoms with Crippen molar-refractivity contribution in [2.75, 3.05) is 6.61 Å². The molecule has 0 radical (unpaired) electrons. The number of ether oxygens (including phenoxy) is 2. The summed E-state index contributed by atoms with van der Waals surface area (Å²) in [6, 6.07) is 15.0. The Balaban J connectivity index is 1.80. The SMILES string of the molecule is CCCCOc1ccc(C(=O)Oc2cc(CC)nn2-c2ccc(C)cc2C)cc1. The number of carbonyl (C=O) groups excluding carboxylic acids is 1. The molecule has 0 unspecified atom stereocenters. The molecule has 0 spiro atoms.